The number of fused-ring (bicyclic) bond motifs is 1. The van der Waals surface area contributed by atoms with Crippen molar-refractivity contribution in [1.29, 1.82) is 5.26 Å². The van der Waals surface area contributed by atoms with Gasteiger partial charge in [-0.25, -0.2) is 0 Å². The van der Waals surface area contributed by atoms with E-state index in [1.807, 2.05) is 12.1 Å². The van der Waals surface area contributed by atoms with Gasteiger partial charge in [0.05, 0.1) is 29.6 Å². The molecule has 0 amide bonds. The van der Waals surface area contributed by atoms with Gasteiger partial charge >= 0.3 is 0 Å². The Labute approximate surface area is 157 Å². The molecule has 0 fully saturated rings. The van der Waals surface area contributed by atoms with E-state index in [1.54, 1.807) is 31.5 Å². The quantitative estimate of drug-likeness (QED) is 0.656. The molecule has 0 bridgehead atoms. The Morgan fingerprint density at radius 2 is 2.04 bits per heavy atom. The van der Waals surface area contributed by atoms with Crippen molar-refractivity contribution < 1.29 is 4.74 Å². The Morgan fingerprint density at radius 3 is 2.72 bits per heavy atom. The van der Waals surface area contributed by atoms with Crippen molar-refractivity contribution in [3.8, 4) is 11.8 Å². The van der Waals surface area contributed by atoms with Crippen molar-refractivity contribution in [2.75, 3.05) is 12.4 Å². The van der Waals surface area contributed by atoms with Crippen LogP contribution >= 0.6 is 24.0 Å². The smallest absolute Gasteiger partial charge is 0.142 e. The maximum Gasteiger partial charge on any atom is 0.142 e. The Balaban J connectivity index is 0.00000225. The van der Waals surface area contributed by atoms with Crippen molar-refractivity contribution in [2.24, 2.45) is 0 Å². The third-order valence-electron chi connectivity index (χ3n) is 3.88. The molecule has 1 heterocycles. The average Bonchev–Trinajstić information content (AvgIpc) is 2.61. The molecule has 4 nitrogen and oxygen atoms in total. The van der Waals surface area contributed by atoms with Crippen molar-refractivity contribution in [1.82, 2.24) is 4.98 Å². The van der Waals surface area contributed by atoms with Crippen LogP contribution in [0, 0.1) is 11.3 Å². The molecule has 0 unspecified atom stereocenters. The van der Waals surface area contributed by atoms with Crippen LogP contribution in [0.4, 0.5) is 11.4 Å². The van der Waals surface area contributed by atoms with Gasteiger partial charge in [-0.2, -0.15) is 5.26 Å². The lowest BCUT2D eigenvalue weighted by Gasteiger charge is -2.15. The van der Waals surface area contributed by atoms with E-state index < -0.39 is 0 Å². The van der Waals surface area contributed by atoms with E-state index in [-0.39, 0.29) is 12.4 Å². The number of nitriles is 1. The summed E-state index contributed by atoms with van der Waals surface area (Å²) in [5.41, 5.74) is 3.89. The predicted molar refractivity (Wildman–Crippen MR) is 104 cm³/mol. The first-order chi connectivity index (χ1) is 11.7. The lowest BCUT2D eigenvalue weighted by atomic mass is 10.0. The molecule has 3 aromatic rings. The minimum atomic E-state index is 0. The van der Waals surface area contributed by atoms with Crippen LogP contribution in [0.15, 0.2) is 42.6 Å². The molecule has 0 atom stereocenters. The molecular weight excluding hydrogens is 357 g/mol. The number of benzene rings is 2. The minimum absolute atomic E-state index is 0. The highest BCUT2D eigenvalue weighted by Gasteiger charge is 2.12. The molecule has 3 rings (SSSR count). The van der Waals surface area contributed by atoms with Crippen LogP contribution in [0.1, 0.15) is 18.1 Å². The molecule has 0 aliphatic carbocycles. The molecule has 128 valence electrons. The van der Waals surface area contributed by atoms with E-state index >= 15 is 0 Å². The Bertz CT molecular complexity index is 951. The zero-order valence-electron chi connectivity index (χ0n) is 13.8. The summed E-state index contributed by atoms with van der Waals surface area (Å²) < 4.78 is 5.38. The van der Waals surface area contributed by atoms with Crippen LogP contribution < -0.4 is 10.1 Å². The molecule has 0 saturated heterocycles. The molecule has 1 aromatic heterocycles. The summed E-state index contributed by atoms with van der Waals surface area (Å²) in [6, 6.07) is 13.6. The van der Waals surface area contributed by atoms with Crippen molar-refractivity contribution in [2.45, 2.75) is 13.3 Å². The lowest BCUT2D eigenvalue weighted by Crippen LogP contribution is -1.99. The number of ether oxygens (including phenoxy) is 1. The largest absolute Gasteiger partial charge is 0.495 e. The van der Waals surface area contributed by atoms with Crippen LogP contribution in [-0.4, -0.2) is 12.1 Å². The van der Waals surface area contributed by atoms with Crippen LogP contribution in [-0.2, 0) is 6.42 Å². The summed E-state index contributed by atoms with van der Waals surface area (Å²) in [6.07, 6.45) is 2.49. The number of rotatable bonds is 4. The fraction of sp³-hybridized carbons (Fsp3) is 0.158. The number of pyridine rings is 1. The molecule has 25 heavy (non-hydrogen) atoms. The number of nitrogens with zero attached hydrogens (tertiary/aromatic N) is 2. The normalized spacial score (nSPS) is 10.0. The number of aryl methyl sites for hydroxylation is 1. The van der Waals surface area contributed by atoms with Gasteiger partial charge < -0.3 is 10.1 Å². The number of hydrogen-bond donors (Lipinski definition) is 1. The first-order valence-electron chi connectivity index (χ1n) is 7.58. The van der Waals surface area contributed by atoms with Gasteiger partial charge in [0.25, 0.3) is 0 Å². The number of anilines is 2. The summed E-state index contributed by atoms with van der Waals surface area (Å²) >= 11 is 6.11. The topological polar surface area (TPSA) is 57.9 Å². The molecule has 0 radical (unpaired) electrons. The van der Waals surface area contributed by atoms with Gasteiger partial charge in [0.15, 0.2) is 0 Å². The van der Waals surface area contributed by atoms with Gasteiger partial charge in [0.2, 0.25) is 0 Å². The van der Waals surface area contributed by atoms with Crippen LogP contribution in [0.5, 0.6) is 5.75 Å². The van der Waals surface area contributed by atoms with Gasteiger partial charge in [-0.3, -0.25) is 4.98 Å². The second-order valence-electron chi connectivity index (χ2n) is 5.33. The Hall–Kier alpha value is -2.48. The maximum atomic E-state index is 9.48. The van der Waals surface area contributed by atoms with Crippen molar-refractivity contribution in [3.05, 3.63) is 58.7 Å². The summed E-state index contributed by atoms with van der Waals surface area (Å²) in [5, 5.41) is 14.3. The summed E-state index contributed by atoms with van der Waals surface area (Å²) in [6.45, 7) is 2.09. The number of nitrogens with one attached hydrogen (secondary N) is 1. The molecule has 0 saturated carbocycles. The summed E-state index contributed by atoms with van der Waals surface area (Å²) in [5.74, 6) is 0.653. The molecule has 2 aromatic carbocycles. The molecule has 0 aliphatic heterocycles. The van der Waals surface area contributed by atoms with E-state index in [9.17, 15) is 5.26 Å². The van der Waals surface area contributed by atoms with E-state index in [2.05, 4.69) is 29.4 Å². The molecule has 0 aliphatic rings. The maximum absolute atomic E-state index is 9.48. The van der Waals surface area contributed by atoms with Gasteiger partial charge in [-0.15, -0.1) is 12.4 Å². The Kier molecular flexibility index (Phi) is 6.08. The zero-order valence-corrected chi connectivity index (χ0v) is 15.4. The van der Waals surface area contributed by atoms with Gasteiger partial charge in [-0.05, 0) is 42.3 Å². The molecular formula is C19H17Cl2N3O. The first-order valence-corrected chi connectivity index (χ1v) is 7.96. The summed E-state index contributed by atoms with van der Waals surface area (Å²) in [7, 11) is 1.60. The van der Waals surface area contributed by atoms with Crippen LogP contribution in [0.3, 0.4) is 0 Å². The second kappa shape index (κ2) is 8.06. The highest BCUT2D eigenvalue weighted by molar-refractivity contribution is 6.31. The first kappa shape index (κ1) is 18.9. The average molecular weight is 374 g/mol. The van der Waals surface area contributed by atoms with Crippen LogP contribution in [0.2, 0.25) is 5.02 Å². The fourth-order valence-corrected chi connectivity index (χ4v) is 2.76. The lowest BCUT2D eigenvalue weighted by molar-refractivity contribution is 0.417. The van der Waals surface area contributed by atoms with E-state index in [0.717, 1.165) is 17.3 Å². The minimum Gasteiger partial charge on any atom is -0.495 e. The highest BCUT2D eigenvalue weighted by atomic mass is 35.5. The number of aromatic nitrogens is 1. The van der Waals surface area contributed by atoms with Crippen molar-refractivity contribution >= 4 is 46.3 Å². The summed E-state index contributed by atoms with van der Waals surface area (Å²) in [4.78, 5) is 4.37. The highest BCUT2D eigenvalue weighted by Crippen LogP contribution is 2.35. The fourth-order valence-electron chi connectivity index (χ4n) is 2.59. The second-order valence-corrected chi connectivity index (χ2v) is 5.77. The Morgan fingerprint density at radius 1 is 1.24 bits per heavy atom. The number of halogens is 2. The van der Waals surface area contributed by atoms with Gasteiger partial charge in [0.1, 0.15) is 11.8 Å². The van der Waals surface area contributed by atoms with Crippen molar-refractivity contribution in [3.63, 3.8) is 0 Å². The SMILES string of the molecule is CCc1ccc2ncc(C#N)c(Nc3cc(Cl)ccc3OC)c2c1.Cl. The zero-order chi connectivity index (χ0) is 17.1. The monoisotopic (exact) mass is 373 g/mol. The van der Waals surface area contributed by atoms with E-state index in [4.69, 9.17) is 16.3 Å². The van der Waals surface area contributed by atoms with E-state index in [0.29, 0.717) is 27.7 Å². The molecule has 0 spiro atoms. The van der Waals surface area contributed by atoms with E-state index in [1.165, 1.54) is 5.56 Å². The third kappa shape index (κ3) is 3.79. The third-order valence-corrected chi connectivity index (χ3v) is 4.12. The molecule has 1 N–H and O–H groups in total. The van der Waals surface area contributed by atoms with Crippen LogP contribution in [0.25, 0.3) is 10.9 Å². The predicted octanol–water partition coefficient (Wildman–Crippen LogP) is 5.50. The van der Waals surface area contributed by atoms with Gasteiger partial charge in [-0.1, -0.05) is 24.6 Å². The standard InChI is InChI=1S/C19H16ClN3O.ClH/c1-3-12-4-6-16-15(8-12)19(13(10-21)11-22-16)23-17-9-14(20)5-7-18(17)24-2;/h4-9,11H,3H2,1-2H3,(H,22,23);1H. The number of hydrogen-bond acceptors (Lipinski definition) is 4. The molecule has 6 heteroatoms. The number of methoxy groups -OCH3 is 1. The van der Waals surface area contributed by atoms with Gasteiger partial charge in [0, 0.05) is 16.6 Å².